The smallest absolute Gasteiger partial charge is 0.216 e. The molecule has 0 saturated heterocycles. The van der Waals surface area contributed by atoms with Gasteiger partial charge in [-0.15, -0.1) is 12.4 Å². The molecule has 9 nitrogen and oxygen atoms in total. The second-order valence-electron chi connectivity index (χ2n) is 10.6. The standard InChI is InChI=1S/C37H39N5O4.ClH/c1-26-32(13-8-14-34(26)31-11-5-4-6-12-31)25-45-33-15-16-35(36(22-33)46-24-30-10-7-9-29(21-30)23-38)37(41-19-17-39-27(2)43)42-20-18-40-28(3)44;/h4-16,21-22H,17-20,24-25H2,1-3H3,(H,39,43)(H,40,44)(H,41,42);1H. The van der Waals surface area contributed by atoms with E-state index in [2.05, 4.69) is 53.2 Å². The van der Waals surface area contributed by atoms with Crippen LogP contribution in [0.1, 0.15) is 41.7 Å². The number of carbonyl (C=O) groups is 2. The quantitative estimate of drug-likeness (QED) is 0.0908. The van der Waals surface area contributed by atoms with Gasteiger partial charge in [0.1, 0.15) is 30.5 Å². The van der Waals surface area contributed by atoms with Gasteiger partial charge in [-0.3, -0.25) is 14.6 Å². The van der Waals surface area contributed by atoms with Crippen molar-refractivity contribution in [1.29, 1.82) is 5.26 Å². The normalized spacial score (nSPS) is 10.6. The molecule has 0 aromatic heterocycles. The monoisotopic (exact) mass is 653 g/mol. The SMILES string of the molecule is CC(=O)NCCN=C(NCCNC(C)=O)c1ccc(OCc2cccc(-c3ccccc3)c2C)cc1OCc1cccc(C#N)c1.Cl. The van der Waals surface area contributed by atoms with Crippen LogP contribution in [0.3, 0.4) is 0 Å². The molecule has 0 bridgehead atoms. The van der Waals surface area contributed by atoms with E-state index in [0.29, 0.717) is 61.2 Å². The number of rotatable bonds is 14. The Labute approximate surface area is 282 Å². The molecule has 0 aliphatic rings. The third-order valence-corrected chi connectivity index (χ3v) is 7.13. The molecular formula is C37H40ClN5O4. The van der Waals surface area contributed by atoms with Crippen molar-refractivity contribution in [2.24, 2.45) is 4.99 Å². The van der Waals surface area contributed by atoms with E-state index in [4.69, 9.17) is 14.5 Å². The highest BCUT2D eigenvalue weighted by atomic mass is 35.5. The Bertz CT molecular complexity index is 1720. The fraction of sp³-hybridized carbons (Fsp3) is 0.243. The number of aliphatic imine (C=N–C) groups is 1. The van der Waals surface area contributed by atoms with Gasteiger partial charge in [0, 0.05) is 39.5 Å². The number of benzene rings is 4. The van der Waals surface area contributed by atoms with Gasteiger partial charge in [-0.25, -0.2) is 0 Å². The zero-order chi connectivity index (χ0) is 32.7. The number of nitriles is 1. The van der Waals surface area contributed by atoms with Crippen LogP contribution >= 0.6 is 12.4 Å². The maximum Gasteiger partial charge on any atom is 0.216 e. The molecule has 0 spiro atoms. The lowest BCUT2D eigenvalue weighted by Crippen LogP contribution is -2.35. The van der Waals surface area contributed by atoms with Crippen LogP contribution in [-0.2, 0) is 22.8 Å². The van der Waals surface area contributed by atoms with Crippen LogP contribution in [0, 0.1) is 18.3 Å². The van der Waals surface area contributed by atoms with E-state index in [1.165, 1.54) is 13.8 Å². The molecule has 0 aliphatic carbocycles. The second kappa shape index (κ2) is 18.6. The molecule has 244 valence electrons. The summed E-state index contributed by atoms with van der Waals surface area (Å²) in [6, 6.07) is 31.5. The first kappa shape index (κ1) is 36.1. The molecule has 0 aliphatic heterocycles. The molecule has 0 heterocycles. The van der Waals surface area contributed by atoms with Crippen LogP contribution in [0.2, 0.25) is 0 Å². The van der Waals surface area contributed by atoms with Crippen molar-refractivity contribution in [1.82, 2.24) is 16.0 Å². The molecule has 4 aromatic carbocycles. The summed E-state index contributed by atoms with van der Waals surface area (Å²) in [6.07, 6.45) is 0. The first-order chi connectivity index (χ1) is 22.3. The van der Waals surface area contributed by atoms with E-state index in [0.717, 1.165) is 27.8 Å². The van der Waals surface area contributed by atoms with Gasteiger partial charge in [0.25, 0.3) is 0 Å². The van der Waals surface area contributed by atoms with Crippen molar-refractivity contribution in [2.75, 3.05) is 26.2 Å². The molecule has 4 aromatic rings. The number of amides is 2. The van der Waals surface area contributed by atoms with Gasteiger partial charge >= 0.3 is 0 Å². The van der Waals surface area contributed by atoms with E-state index >= 15 is 0 Å². The van der Waals surface area contributed by atoms with Crippen molar-refractivity contribution in [3.8, 4) is 28.7 Å². The van der Waals surface area contributed by atoms with Gasteiger partial charge in [0.2, 0.25) is 11.8 Å². The zero-order valence-electron chi connectivity index (χ0n) is 26.8. The van der Waals surface area contributed by atoms with Crippen molar-refractivity contribution >= 4 is 30.1 Å². The van der Waals surface area contributed by atoms with Crippen molar-refractivity contribution in [3.63, 3.8) is 0 Å². The fourth-order valence-corrected chi connectivity index (χ4v) is 4.79. The number of hydrogen-bond donors (Lipinski definition) is 3. The molecule has 0 fully saturated rings. The van der Waals surface area contributed by atoms with Gasteiger partial charge < -0.3 is 25.4 Å². The molecule has 0 radical (unpaired) electrons. The molecule has 0 saturated carbocycles. The molecule has 0 atom stereocenters. The number of hydrogen-bond acceptors (Lipinski definition) is 6. The van der Waals surface area contributed by atoms with Crippen LogP contribution in [0.4, 0.5) is 0 Å². The van der Waals surface area contributed by atoms with Crippen LogP contribution in [0.15, 0.2) is 96.0 Å². The lowest BCUT2D eigenvalue weighted by atomic mass is 9.97. The zero-order valence-corrected chi connectivity index (χ0v) is 27.7. The van der Waals surface area contributed by atoms with E-state index in [-0.39, 0.29) is 30.8 Å². The molecule has 4 rings (SSSR count). The second-order valence-corrected chi connectivity index (χ2v) is 10.6. The van der Waals surface area contributed by atoms with Crippen LogP contribution in [0.5, 0.6) is 11.5 Å². The summed E-state index contributed by atoms with van der Waals surface area (Å²) in [6.45, 7) is 7.14. The van der Waals surface area contributed by atoms with Crippen LogP contribution in [0.25, 0.3) is 11.1 Å². The van der Waals surface area contributed by atoms with Gasteiger partial charge in [-0.1, -0.05) is 60.7 Å². The first-order valence-corrected chi connectivity index (χ1v) is 15.1. The predicted molar refractivity (Wildman–Crippen MR) is 187 cm³/mol. The molecule has 0 unspecified atom stereocenters. The molecule has 10 heteroatoms. The summed E-state index contributed by atoms with van der Waals surface area (Å²) in [5.41, 5.74) is 6.61. The van der Waals surface area contributed by atoms with Crippen LogP contribution < -0.4 is 25.4 Å². The van der Waals surface area contributed by atoms with Gasteiger partial charge in [0.15, 0.2) is 0 Å². The number of ether oxygens (including phenoxy) is 2. The van der Waals surface area contributed by atoms with E-state index in [1.807, 2.05) is 54.6 Å². The Hall–Kier alpha value is -5.33. The Morgan fingerprint density at radius 3 is 2.26 bits per heavy atom. The summed E-state index contributed by atoms with van der Waals surface area (Å²) in [5, 5.41) is 18.2. The number of nitrogens with zero attached hydrogens (tertiary/aromatic N) is 2. The average molecular weight is 654 g/mol. The third kappa shape index (κ3) is 11.2. The van der Waals surface area contributed by atoms with Crippen molar-refractivity contribution in [2.45, 2.75) is 34.0 Å². The van der Waals surface area contributed by atoms with Gasteiger partial charge in [-0.2, -0.15) is 5.26 Å². The lowest BCUT2D eigenvalue weighted by molar-refractivity contribution is -0.119. The van der Waals surface area contributed by atoms with E-state index < -0.39 is 0 Å². The van der Waals surface area contributed by atoms with Crippen LogP contribution in [-0.4, -0.2) is 43.8 Å². The molecule has 47 heavy (non-hydrogen) atoms. The minimum atomic E-state index is -0.134. The van der Waals surface area contributed by atoms with Crippen molar-refractivity contribution < 1.29 is 19.1 Å². The minimum absolute atomic E-state index is 0. The Balaban J connectivity index is 0.00000600. The number of nitrogens with one attached hydrogen (secondary N) is 3. The number of carbonyl (C=O) groups excluding carboxylic acids is 2. The summed E-state index contributed by atoms with van der Waals surface area (Å²) in [5.74, 6) is 1.44. The highest BCUT2D eigenvalue weighted by Gasteiger charge is 2.14. The highest BCUT2D eigenvalue weighted by molar-refractivity contribution is 6.01. The number of amidine groups is 1. The summed E-state index contributed by atoms with van der Waals surface area (Å²) >= 11 is 0. The Kier molecular flexibility index (Phi) is 14.3. The Morgan fingerprint density at radius 2 is 1.51 bits per heavy atom. The molecule has 2 amide bonds. The topological polar surface area (TPSA) is 125 Å². The Morgan fingerprint density at radius 1 is 0.787 bits per heavy atom. The largest absolute Gasteiger partial charge is 0.489 e. The van der Waals surface area contributed by atoms with E-state index in [9.17, 15) is 14.9 Å². The molecular weight excluding hydrogens is 614 g/mol. The van der Waals surface area contributed by atoms with Gasteiger partial charge in [0.05, 0.1) is 23.7 Å². The summed E-state index contributed by atoms with van der Waals surface area (Å²) < 4.78 is 12.6. The summed E-state index contributed by atoms with van der Waals surface area (Å²) in [4.78, 5) is 27.5. The maximum atomic E-state index is 11.4. The first-order valence-electron chi connectivity index (χ1n) is 15.1. The van der Waals surface area contributed by atoms with E-state index in [1.54, 1.807) is 12.1 Å². The maximum absolute atomic E-state index is 11.4. The third-order valence-electron chi connectivity index (χ3n) is 7.13. The lowest BCUT2D eigenvalue weighted by Gasteiger charge is -2.18. The van der Waals surface area contributed by atoms with Crippen molar-refractivity contribution in [3.05, 3.63) is 119 Å². The fourth-order valence-electron chi connectivity index (χ4n) is 4.79. The average Bonchev–Trinajstić information content (AvgIpc) is 3.06. The predicted octanol–water partition coefficient (Wildman–Crippen LogP) is 5.72. The summed E-state index contributed by atoms with van der Waals surface area (Å²) in [7, 11) is 0. The minimum Gasteiger partial charge on any atom is -0.489 e. The number of halogens is 1. The molecule has 3 N–H and O–H groups in total. The highest BCUT2D eigenvalue weighted by Crippen LogP contribution is 2.29. The van der Waals surface area contributed by atoms with Gasteiger partial charge in [-0.05, 0) is 59.0 Å².